The second kappa shape index (κ2) is 9.19. The number of carbonyl (C=O) groups excluding carboxylic acids is 1. The Kier molecular flexibility index (Phi) is 6.44. The summed E-state index contributed by atoms with van der Waals surface area (Å²) in [6.45, 7) is 6.52. The fraction of sp³-hybridized carbons (Fsp3) is 0.261. The number of nitrogens with zero attached hydrogens (tertiary/aromatic N) is 2. The third-order valence-corrected chi connectivity index (χ3v) is 4.42. The number of amides is 1. The van der Waals surface area contributed by atoms with E-state index < -0.39 is 0 Å². The number of ether oxygens (including phenoxy) is 1. The van der Waals surface area contributed by atoms with Crippen molar-refractivity contribution in [3.63, 3.8) is 0 Å². The van der Waals surface area contributed by atoms with Gasteiger partial charge in [0, 0.05) is 17.9 Å². The summed E-state index contributed by atoms with van der Waals surface area (Å²) in [6.07, 6.45) is 0.811. The fourth-order valence-corrected chi connectivity index (χ4v) is 3.12. The molecular weight excluding hydrogens is 364 g/mol. The topological polar surface area (TPSA) is 76.1 Å². The number of hydrogen-bond donors (Lipinski definition) is 2. The summed E-state index contributed by atoms with van der Waals surface area (Å²) in [5.74, 6) is 1.03. The maximum atomic E-state index is 12.7. The fourth-order valence-electron chi connectivity index (χ4n) is 3.12. The maximum absolute atomic E-state index is 12.7. The van der Waals surface area contributed by atoms with Crippen molar-refractivity contribution in [2.75, 3.05) is 24.3 Å². The summed E-state index contributed by atoms with van der Waals surface area (Å²) in [4.78, 5) is 21.4. The van der Waals surface area contributed by atoms with E-state index in [2.05, 4.69) is 26.7 Å². The third kappa shape index (κ3) is 5.78. The van der Waals surface area contributed by atoms with Gasteiger partial charge >= 0.3 is 0 Å². The normalized spacial score (nSPS) is 10.5. The highest BCUT2D eigenvalue weighted by atomic mass is 16.5. The molecule has 1 aromatic heterocycles. The zero-order valence-corrected chi connectivity index (χ0v) is 17.2. The van der Waals surface area contributed by atoms with E-state index in [4.69, 9.17) is 4.74 Å². The molecule has 0 fully saturated rings. The number of methoxy groups -OCH3 is 1. The summed E-state index contributed by atoms with van der Waals surface area (Å²) in [5, 5.41) is 6.12. The molecule has 0 saturated heterocycles. The lowest BCUT2D eigenvalue weighted by atomic mass is 10.1. The van der Waals surface area contributed by atoms with E-state index in [1.807, 2.05) is 57.2 Å². The van der Waals surface area contributed by atoms with Crippen LogP contribution in [0.25, 0.3) is 0 Å². The number of nitrogens with one attached hydrogen (secondary N) is 2. The summed E-state index contributed by atoms with van der Waals surface area (Å²) in [7, 11) is 1.65. The first-order valence-corrected chi connectivity index (χ1v) is 9.55. The monoisotopic (exact) mass is 390 g/mol. The number of anilines is 2. The second-order valence-corrected chi connectivity index (χ2v) is 7.07. The molecular formula is C23H26N4O2. The summed E-state index contributed by atoms with van der Waals surface area (Å²) < 4.78 is 5.17. The Balaban J connectivity index is 1.64. The molecule has 0 radical (unpaired) electrons. The molecule has 0 bridgehead atoms. The van der Waals surface area contributed by atoms with E-state index in [0.29, 0.717) is 18.2 Å². The molecule has 6 heteroatoms. The Hall–Kier alpha value is -3.41. The average Bonchev–Trinajstić information content (AvgIpc) is 2.67. The molecule has 0 saturated carbocycles. The number of aromatic nitrogens is 2. The first kappa shape index (κ1) is 20.3. The highest BCUT2D eigenvalue weighted by Gasteiger charge is 2.11. The third-order valence-electron chi connectivity index (χ3n) is 4.42. The van der Waals surface area contributed by atoms with Crippen LogP contribution in [0.1, 0.15) is 32.9 Å². The molecule has 6 nitrogen and oxygen atoms in total. The van der Waals surface area contributed by atoms with Crippen LogP contribution in [-0.2, 0) is 6.42 Å². The van der Waals surface area contributed by atoms with Crippen molar-refractivity contribution in [3.8, 4) is 5.75 Å². The van der Waals surface area contributed by atoms with Crippen molar-refractivity contribution < 1.29 is 9.53 Å². The van der Waals surface area contributed by atoms with E-state index >= 15 is 0 Å². The van der Waals surface area contributed by atoms with Gasteiger partial charge in [-0.3, -0.25) is 4.79 Å². The number of rotatable bonds is 7. The molecule has 29 heavy (non-hydrogen) atoms. The average molecular weight is 390 g/mol. The van der Waals surface area contributed by atoms with E-state index in [9.17, 15) is 4.79 Å². The second-order valence-electron chi connectivity index (χ2n) is 7.07. The molecule has 0 aliphatic heterocycles. The lowest BCUT2D eigenvalue weighted by Crippen LogP contribution is -2.17. The lowest BCUT2D eigenvalue weighted by Gasteiger charge is -2.10. The van der Waals surface area contributed by atoms with Crippen molar-refractivity contribution >= 4 is 17.5 Å². The lowest BCUT2D eigenvalue weighted by molar-refractivity contribution is 0.102. The molecule has 0 atom stereocenters. The van der Waals surface area contributed by atoms with Crippen molar-refractivity contribution in [1.29, 1.82) is 0 Å². The highest BCUT2D eigenvalue weighted by Crippen LogP contribution is 2.16. The van der Waals surface area contributed by atoms with Gasteiger partial charge in [-0.15, -0.1) is 0 Å². The predicted octanol–water partition coefficient (Wildman–Crippen LogP) is 4.32. The van der Waals surface area contributed by atoms with Crippen LogP contribution in [0.4, 0.5) is 11.6 Å². The molecule has 3 rings (SSSR count). The molecule has 1 heterocycles. The number of benzene rings is 2. The van der Waals surface area contributed by atoms with Crippen molar-refractivity contribution in [2.45, 2.75) is 27.2 Å². The van der Waals surface area contributed by atoms with Crippen LogP contribution in [0, 0.1) is 20.8 Å². The van der Waals surface area contributed by atoms with Gasteiger partial charge in [0.05, 0.1) is 7.11 Å². The van der Waals surface area contributed by atoms with Gasteiger partial charge in [0.1, 0.15) is 11.4 Å². The first-order chi connectivity index (χ1) is 13.9. The standard InChI is InChI=1S/C23H26N4O2/c1-15-11-16(2)13-19(12-15)26-22(28)21-14-17(3)25-23(27-21)24-10-9-18-5-7-20(29-4)8-6-18/h5-8,11-14H,9-10H2,1-4H3,(H,26,28)(H,24,25,27). The van der Waals surface area contributed by atoms with Crippen LogP contribution in [0.15, 0.2) is 48.5 Å². The van der Waals surface area contributed by atoms with Gasteiger partial charge in [0.25, 0.3) is 5.91 Å². The Morgan fingerprint density at radius 2 is 1.66 bits per heavy atom. The van der Waals surface area contributed by atoms with Gasteiger partial charge in [-0.2, -0.15) is 0 Å². The Morgan fingerprint density at radius 3 is 2.31 bits per heavy atom. The molecule has 0 aliphatic carbocycles. The van der Waals surface area contributed by atoms with E-state index in [1.165, 1.54) is 5.56 Å². The molecule has 2 aromatic carbocycles. The van der Waals surface area contributed by atoms with Crippen molar-refractivity contribution in [2.24, 2.45) is 0 Å². The van der Waals surface area contributed by atoms with E-state index in [-0.39, 0.29) is 5.91 Å². The Morgan fingerprint density at radius 1 is 0.966 bits per heavy atom. The molecule has 0 aliphatic rings. The first-order valence-electron chi connectivity index (χ1n) is 9.55. The SMILES string of the molecule is COc1ccc(CCNc2nc(C)cc(C(=O)Nc3cc(C)cc(C)c3)n2)cc1. The quantitative estimate of drug-likeness (QED) is 0.628. The number of carbonyl (C=O) groups is 1. The van der Waals surface area contributed by atoms with Crippen LogP contribution in [0.2, 0.25) is 0 Å². The van der Waals surface area contributed by atoms with Crippen molar-refractivity contribution in [3.05, 3.63) is 76.6 Å². The Bertz CT molecular complexity index is 980. The largest absolute Gasteiger partial charge is 0.497 e. The van der Waals surface area contributed by atoms with E-state index in [1.54, 1.807) is 13.2 Å². The van der Waals surface area contributed by atoms with Crippen LogP contribution in [-0.4, -0.2) is 29.5 Å². The zero-order valence-electron chi connectivity index (χ0n) is 17.2. The van der Waals surface area contributed by atoms with Gasteiger partial charge in [0.15, 0.2) is 0 Å². The van der Waals surface area contributed by atoms with Gasteiger partial charge in [0.2, 0.25) is 5.95 Å². The summed E-state index contributed by atoms with van der Waals surface area (Å²) in [6, 6.07) is 15.6. The summed E-state index contributed by atoms with van der Waals surface area (Å²) in [5.41, 5.74) is 5.21. The minimum Gasteiger partial charge on any atom is -0.497 e. The smallest absolute Gasteiger partial charge is 0.274 e. The predicted molar refractivity (Wildman–Crippen MR) is 116 cm³/mol. The molecule has 3 aromatic rings. The molecule has 0 unspecified atom stereocenters. The van der Waals surface area contributed by atoms with Gasteiger partial charge < -0.3 is 15.4 Å². The van der Waals surface area contributed by atoms with Crippen LogP contribution < -0.4 is 15.4 Å². The number of hydrogen-bond acceptors (Lipinski definition) is 5. The molecule has 0 spiro atoms. The number of aryl methyl sites for hydroxylation is 3. The minimum atomic E-state index is -0.251. The van der Waals surface area contributed by atoms with Gasteiger partial charge in [-0.05, 0) is 74.2 Å². The van der Waals surface area contributed by atoms with Crippen LogP contribution in [0.3, 0.4) is 0 Å². The molecule has 150 valence electrons. The van der Waals surface area contributed by atoms with E-state index in [0.717, 1.165) is 34.7 Å². The van der Waals surface area contributed by atoms with Gasteiger partial charge in [-0.25, -0.2) is 9.97 Å². The van der Waals surface area contributed by atoms with Crippen molar-refractivity contribution in [1.82, 2.24) is 9.97 Å². The molecule has 1 amide bonds. The zero-order chi connectivity index (χ0) is 20.8. The maximum Gasteiger partial charge on any atom is 0.274 e. The highest BCUT2D eigenvalue weighted by molar-refractivity contribution is 6.03. The minimum absolute atomic E-state index is 0.251. The molecule has 2 N–H and O–H groups in total. The van der Waals surface area contributed by atoms with Gasteiger partial charge in [-0.1, -0.05) is 18.2 Å². The summed E-state index contributed by atoms with van der Waals surface area (Å²) >= 11 is 0. The van der Waals surface area contributed by atoms with Crippen LogP contribution >= 0.6 is 0 Å². The Labute approximate surface area is 171 Å². The van der Waals surface area contributed by atoms with Crippen LogP contribution in [0.5, 0.6) is 5.75 Å².